The third-order valence-electron chi connectivity index (χ3n) is 6.29. The second-order valence-electron chi connectivity index (χ2n) is 8.50. The van der Waals surface area contributed by atoms with Crippen LogP contribution in [0.15, 0.2) is 0 Å². The van der Waals surface area contributed by atoms with Crippen LogP contribution in [0.2, 0.25) is 0 Å². The number of carbonyl (C=O) groups is 2. The lowest BCUT2D eigenvalue weighted by Crippen LogP contribution is -2.50. The van der Waals surface area contributed by atoms with Crippen LogP contribution >= 0.6 is 0 Å². The van der Waals surface area contributed by atoms with Crippen LogP contribution in [0.3, 0.4) is 0 Å². The Morgan fingerprint density at radius 3 is 2.77 bits per heavy atom. The van der Waals surface area contributed by atoms with E-state index in [0.29, 0.717) is 30.4 Å². The fourth-order valence-corrected chi connectivity index (χ4v) is 5.27. The number of fused-ring (bicyclic) bond motifs is 2. The van der Waals surface area contributed by atoms with Gasteiger partial charge in [-0.1, -0.05) is 0 Å². The van der Waals surface area contributed by atoms with Crippen LogP contribution in [0.25, 0.3) is 0 Å². The number of carbonyl (C=O) groups excluding carboxylic acids is 2. The van der Waals surface area contributed by atoms with E-state index in [0.717, 1.165) is 19.5 Å². The summed E-state index contributed by atoms with van der Waals surface area (Å²) in [5.41, 5.74) is 2.42. The molecule has 30 heavy (non-hydrogen) atoms. The minimum Gasteiger partial charge on any atom is -0.311 e. The van der Waals surface area contributed by atoms with Gasteiger partial charge in [-0.05, 0) is 57.7 Å². The molecule has 4 saturated heterocycles. The molecule has 4 aliphatic heterocycles. The summed E-state index contributed by atoms with van der Waals surface area (Å²) in [4.78, 5) is 34.0. The molecule has 0 aromatic carbocycles. The summed E-state index contributed by atoms with van der Waals surface area (Å²) in [5.74, 6) is 0.126. The number of likely N-dealkylation sites (tertiary alicyclic amines) is 1. The zero-order valence-electron chi connectivity index (χ0n) is 16.7. The predicted octanol–water partition coefficient (Wildman–Crippen LogP) is -0.889. The molecule has 3 N–H and O–H groups in total. The number of hydroxylamine groups is 3. The molecule has 4 heterocycles. The van der Waals surface area contributed by atoms with E-state index in [2.05, 4.69) is 20.0 Å². The largest absolute Gasteiger partial charge is 0.418 e. The summed E-state index contributed by atoms with van der Waals surface area (Å²) in [6.07, 6.45) is 4.26. The first-order chi connectivity index (χ1) is 14.3. The van der Waals surface area contributed by atoms with Gasteiger partial charge in [-0.3, -0.25) is 14.2 Å². The number of urea groups is 1. The molecule has 0 radical (unpaired) electrons. The van der Waals surface area contributed by atoms with Gasteiger partial charge in [-0.25, -0.2) is 10.3 Å². The fourth-order valence-electron chi connectivity index (χ4n) is 4.88. The van der Waals surface area contributed by atoms with Crippen LogP contribution in [0, 0.1) is 5.92 Å². The third kappa shape index (κ3) is 5.03. The summed E-state index contributed by atoms with van der Waals surface area (Å²) >= 11 is 0. The van der Waals surface area contributed by atoms with Gasteiger partial charge in [-0.15, -0.1) is 4.28 Å². The van der Waals surface area contributed by atoms with Crippen molar-refractivity contribution in [3.05, 3.63) is 0 Å². The topological polar surface area (TPSA) is 141 Å². The van der Waals surface area contributed by atoms with Gasteiger partial charge in [0.1, 0.15) is 6.04 Å². The number of rotatable bonds is 8. The van der Waals surface area contributed by atoms with E-state index in [4.69, 9.17) is 9.39 Å². The Labute approximate surface area is 175 Å². The molecule has 4 rings (SSSR count). The van der Waals surface area contributed by atoms with Crippen molar-refractivity contribution < 1.29 is 31.7 Å². The van der Waals surface area contributed by atoms with Gasteiger partial charge in [0.2, 0.25) is 0 Å². The quantitative estimate of drug-likeness (QED) is 0.319. The van der Waals surface area contributed by atoms with Crippen LogP contribution in [0.1, 0.15) is 32.1 Å². The Morgan fingerprint density at radius 2 is 2.03 bits per heavy atom. The van der Waals surface area contributed by atoms with Gasteiger partial charge in [0, 0.05) is 19.1 Å². The van der Waals surface area contributed by atoms with Gasteiger partial charge < -0.3 is 15.1 Å². The first-order valence-corrected chi connectivity index (χ1v) is 11.8. The lowest BCUT2D eigenvalue weighted by Gasteiger charge is -2.29. The minimum absolute atomic E-state index is 0.148. The van der Waals surface area contributed by atoms with Gasteiger partial charge in [0.05, 0.1) is 12.6 Å². The van der Waals surface area contributed by atoms with Crippen LogP contribution in [-0.4, -0.2) is 97.2 Å². The Kier molecular flexibility index (Phi) is 6.46. The molecule has 13 heteroatoms. The van der Waals surface area contributed by atoms with E-state index >= 15 is 0 Å². The Balaban J connectivity index is 1.20. The lowest BCUT2D eigenvalue weighted by atomic mass is 10.0. The van der Waals surface area contributed by atoms with Crippen LogP contribution < -0.4 is 10.8 Å². The molecule has 4 fully saturated rings. The average molecular weight is 448 g/mol. The van der Waals surface area contributed by atoms with Crippen molar-refractivity contribution in [1.82, 2.24) is 25.7 Å². The van der Waals surface area contributed by atoms with Crippen molar-refractivity contribution in [2.24, 2.45) is 5.92 Å². The SMILES string of the molecule is O=C(NOC[C@@H]1C[C@H](CN2CCCC2)CN1)C1CCC2CN1C(=O)N2OS(=O)(=O)O. The van der Waals surface area contributed by atoms with Crippen molar-refractivity contribution >= 4 is 22.3 Å². The molecular formula is C17H29N5O7S. The first kappa shape index (κ1) is 21.7. The van der Waals surface area contributed by atoms with Crippen LogP contribution in [0.5, 0.6) is 0 Å². The molecule has 0 aromatic heterocycles. The zero-order chi connectivity index (χ0) is 21.3. The number of hydrogen-bond acceptors (Lipinski definition) is 8. The van der Waals surface area contributed by atoms with Gasteiger partial charge in [-0.2, -0.15) is 13.5 Å². The zero-order valence-corrected chi connectivity index (χ0v) is 17.6. The predicted molar refractivity (Wildman–Crippen MR) is 103 cm³/mol. The van der Waals surface area contributed by atoms with Crippen molar-refractivity contribution in [3.63, 3.8) is 0 Å². The number of piperidine rings is 1. The molecule has 12 nitrogen and oxygen atoms in total. The highest BCUT2D eigenvalue weighted by Gasteiger charge is 2.49. The average Bonchev–Trinajstić information content (AvgIpc) is 3.40. The van der Waals surface area contributed by atoms with E-state index in [1.54, 1.807) is 0 Å². The van der Waals surface area contributed by atoms with Crippen molar-refractivity contribution in [3.8, 4) is 0 Å². The molecule has 4 aliphatic rings. The van der Waals surface area contributed by atoms with Crippen LogP contribution in [-0.2, 0) is 24.3 Å². The highest BCUT2D eigenvalue weighted by molar-refractivity contribution is 7.80. The van der Waals surface area contributed by atoms with E-state index in [-0.39, 0.29) is 12.6 Å². The highest BCUT2D eigenvalue weighted by Crippen LogP contribution is 2.30. The molecule has 2 bridgehead atoms. The first-order valence-electron chi connectivity index (χ1n) is 10.4. The molecule has 0 aliphatic carbocycles. The van der Waals surface area contributed by atoms with E-state index in [1.807, 2.05) is 0 Å². The second-order valence-corrected chi connectivity index (χ2v) is 9.51. The van der Waals surface area contributed by atoms with Crippen molar-refractivity contribution in [2.45, 2.75) is 50.2 Å². The van der Waals surface area contributed by atoms with Gasteiger partial charge in [0.25, 0.3) is 5.91 Å². The van der Waals surface area contributed by atoms with E-state index in [1.165, 1.54) is 30.8 Å². The standard InChI is InChI=1S/C17H29N5O7S/c23-16(15-4-3-14-10-21(15)17(24)22(14)29-30(25,26)27)19-28-11-13-7-12(8-18-13)9-20-5-1-2-6-20/h12-15,18H,1-11H2,(H,19,23)(H,25,26,27)/t12-,13-,14?,15?/m0/s1. The highest BCUT2D eigenvalue weighted by atomic mass is 32.3. The number of hydrogen-bond donors (Lipinski definition) is 3. The van der Waals surface area contributed by atoms with Crippen molar-refractivity contribution in [1.29, 1.82) is 0 Å². The monoisotopic (exact) mass is 447 g/mol. The normalized spacial score (nSPS) is 32.2. The van der Waals surface area contributed by atoms with Gasteiger partial charge >= 0.3 is 16.4 Å². The maximum Gasteiger partial charge on any atom is 0.418 e. The minimum atomic E-state index is -4.81. The van der Waals surface area contributed by atoms with E-state index < -0.39 is 34.4 Å². The lowest BCUT2D eigenvalue weighted by molar-refractivity contribution is -0.139. The maximum atomic E-state index is 12.5. The summed E-state index contributed by atoms with van der Waals surface area (Å²) in [6.45, 7) is 4.88. The van der Waals surface area contributed by atoms with Gasteiger partial charge in [0.15, 0.2) is 0 Å². The summed E-state index contributed by atoms with van der Waals surface area (Å²) in [6, 6.07) is -1.90. The molecule has 0 saturated carbocycles. The second kappa shape index (κ2) is 8.93. The number of nitrogens with one attached hydrogen (secondary N) is 2. The Morgan fingerprint density at radius 1 is 1.27 bits per heavy atom. The molecule has 2 unspecified atom stereocenters. The van der Waals surface area contributed by atoms with Crippen LogP contribution in [0.4, 0.5) is 4.79 Å². The molecule has 3 amide bonds. The summed E-state index contributed by atoms with van der Waals surface area (Å²) in [7, 11) is -4.81. The molecule has 4 atom stereocenters. The van der Waals surface area contributed by atoms with Crippen molar-refractivity contribution in [2.75, 3.05) is 39.3 Å². The number of nitrogens with zero attached hydrogens (tertiary/aromatic N) is 3. The third-order valence-corrected chi connectivity index (χ3v) is 6.63. The Hall–Kier alpha value is -1.51. The molecule has 170 valence electrons. The maximum absolute atomic E-state index is 12.5. The summed E-state index contributed by atoms with van der Waals surface area (Å²) < 4.78 is 35.1. The number of amides is 3. The Bertz CT molecular complexity index is 760. The smallest absolute Gasteiger partial charge is 0.311 e. The fraction of sp³-hybridized carbons (Fsp3) is 0.882. The molecule has 0 spiro atoms. The molecule has 0 aromatic rings. The van der Waals surface area contributed by atoms with E-state index in [9.17, 15) is 18.0 Å². The molecular weight excluding hydrogens is 418 g/mol. The summed E-state index contributed by atoms with van der Waals surface area (Å²) in [5, 5.41) is 4.04.